The molecule has 0 heterocycles. The van der Waals surface area contributed by atoms with E-state index in [1.807, 2.05) is 0 Å². The van der Waals surface area contributed by atoms with E-state index in [-0.39, 0.29) is 0 Å². The molecule has 1 aliphatic carbocycles. The molecule has 0 saturated carbocycles. The van der Waals surface area contributed by atoms with Crippen LogP contribution in [0.5, 0.6) is 0 Å². The van der Waals surface area contributed by atoms with Gasteiger partial charge in [-0.15, -0.1) is 0 Å². The zero-order valence-corrected chi connectivity index (χ0v) is 9.07. The summed E-state index contributed by atoms with van der Waals surface area (Å²) in [5.74, 6) is 0. The molecule has 1 aliphatic rings. The fourth-order valence-electron chi connectivity index (χ4n) is 1.19. The van der Waals surface area contributed by atoms with Crippen molar-refractivity contribution in [1.82, 2.24) is 0 Å². The van der Waals surface area contributed by atoms with Gasteiger partial charge in [0.25, 0.3) is 0 Å². The third-order valence-corrected chi connectivity index (χ3v) is 4.42. The zero-order chi connectivity index (χ0) is 7.94. The minimum absolute atomic E-state index is 0.802. The van der Waals surface area contributed by atoms with Crippen LogP contribution in [0.2, 0.25) is 5.32 Å². The van der Waals surface area contributed by atoms with Gasteiger partial charge < -0.3 is 0 Å². The third-order valence-electron chi connectivity index (χ3n) is 1.93. The molecule has 0 amide bonds. The van der Waals surface area contributed by atoms with Crippen molar-refractivity contribution in [3.8, 4) is 0 Å². The van der Waals surface area contributed by atoms with Crippen molar-refractivity contribution in [1.29, 1.82) is 0 Å². The Hall–Kier alpha value is 0.259. The van der Waals surface area contributed by atoms with E-state index in [0.29, 0.717) is 0 Å². The molecule has 0 atom stereocenters. The number of unbranched alkanes of at least 4 members (excludes halogenated alkanes) is 1. The number of allylic oxidation sites excluding steroid dienone is 2. The first kappa shape index (κ1) is 9.35. The molecular formula is C10H17Se-. The number of hydrogen-bond donors (Lipinski definition) is 0. The molecule has 0 aromatic carbocycles. The van der Waals surface area contributed by atoms with Gasteiger partial charge in [-0.1, -0.05) is 0 Å². The Morgan fingerprint density at radius 3 is 3.00 bits per heavy atom. The van der Waals surface area contributed by atoms with Crippen molar-refractivity contribution in [2.45, 2.75) is 50.8 Å². The Morgan fingerprint density at radius 1 is 1.45 bits per heavy atom. The Morgan fingerprint density at radius 2 is 2.36 bits per heavy atom. The fourth-order valence-corrected chi connectivity index (χ4v) is 3.65. The second-order valence-electron chi connectivity index (χ2n) is 3.01. The predicted molar refractivity (Wildman–Crippen MR) is 50.7 cm³/mol. The molecule has 0 aromatic heterocycles. The molecule has 0 saturated heterocycles. The van der Waals surface area contributed by atoms with Crippen molar-refractivity contribution in [3.05, 3.63) is 10.5 Å². The van der Waals surface area contributed by atoms with E-state index in [1.54, 1.807) is 4.47 Å². The summed E-state index contributed by atoms with van der Waals surface area (Å²) >= 11 is 0.802. The summed E-state index contributed by atoms with van der Waals surface area (Å²) in [5.41, 5.74) is 0. The Balaban J connectivity index is 2.09. The van der Waals surface area contributed by atoms with E-state index in [1.165, 1.54) is 43.8 Å². The first-order chi connectivity index (χ1) is 5.43. The SMILES string of the molecule is CCCC[Se]C1=[C-]CCCC1. The van der Waals surface area contributed by atoms with Gasteiger partial charge >= 0.3 is 76.3 Å². The quantitative estimate of drug-likeness (QED) is 0.384. The molecule has 1 rings (SSSR count). The summed E-state index contributed by atoms with van der Waals surface area (Å²) < 4.78 is 1.68. The molecule has 0 N–H and O–H groups in total. The van der Waals surface area contributed by atoms with Gasteiger partial charge in [0.1, 0.15) is 0 Å². The van der Waals surface area contributed by atoms with Crippen LogP contribution in [0.3, 0.4) is 0 Å². The van der Waals surface area contributed by atoms with E-state index in [4.69, 9.17) is 0 Å². The van der Waals surface area contributed by atoms with Crippen molar-refractivity contribution < 1.29 is 0 Å². The van der Waals surface area contributed by atoms with E-state index in [0.717, 1.165) is 15.0 Å². The number of rotatable bonds is 4. The predicted octanol–water partition coefficient (Wildman–Crippen LogP) is 3.17. The van der Waals surface area contributed by atoms with Crippen molar-refractivity contribution in [2.24, 2.45) is 0 Å². The molecule has 0 unspecified atom stereocenters. The molecule has 0 nitrogen and oxygen atoms in total. The first-order valence-electron chi connectivity index (χ1n) is 4.66. The van der Waals surface area contributed by atoms with Crippen molar-refractivity contribution >= 4 is 15.0 Å². The van der Waals surface area contributed by atoms with E-state index >= 15 is 0 Å². The van der Waals surface area contributed by atoms with Crippen molar-refractivity contribution in [2.75, 3.05) is 0 Å². The molecule has 1 heteroatoms. The molecule has 0 bridgehead atoms. The molecule has 0 fully saturated rings. The summed E-state index contributed by atoms with van der Waals surface area (Å²) in [4.78, 5) is 0. The number of hydrogen-bond acceptors (Lipinski definition) is 0. The van der Waals surface area contributed by atoms with Crippen LogP contribution in [0.15, 0.2) is 4.47 Å². The van der Waals surface area contributed by atoms with Crippen LogP contribution in [0.4, 0.5) is 0 Å². The maximum atomic E-state index is 3.52. The zero-order valence-electron chi connectivity index (χ0n) is 7.36. The summed E-state index contributed by atoms with van der Waals surface area (Å²) in [6.07, 6.45) is 11.7. The Kier molecular flexibility index (Phi) is 4.97. The second kappa shape index (κ2) is 5.85. The summed E-state index contributed by atoms with van der Waals surface area (Å²) in [7, 11) is 0. The Labute approximate surface area is 76.6 Å². The fraction of sp³-hybridized carbons (Fsp3) is 0.800. The van der Waals surface area contributed by atoms with Crippen LogP contribution in [-0.4, -0.2) is 15.0 Å². The maximum absolute atomic E-state index is 3.52. The minimum atomic E-state index is 0.802. The van der Waals surface area contributed by atoms with Crippen LogP contribution in [0.25, 0.3) is 0 Å². The van der Waals surface area contributed by atoms with E-state index < -0.39 is 0 Å². The summed E-state index contributed by atoms with van der Waals surface area (Å²) in [5, 5.41) is 1.45. The van der Waals surface area contributed by atoms with Gasteiger partial charge in [-0.05, 0) is 0 Å². The van der Waals surface area contributed by atoms with E-state index in [9.17, 15) is 0 Å². The van der Waals surface area contributed by atoms with Crippen LogP contribution < -0.4 is 0 Å². The van der Waals surface area contributed by atoms with Gasteiger partial charge in [0, 0.05) is 0 Å². The molecule has 11 heavy (non-hydrogen) atoms. The molecule has 0 spiro atoms. The standard InChI is InChI=1S/C10H17Se/c1-2-3-9-11-10-7-5-4-6-8-10/h2-7,9H2,1H3/q-1. The third kappa shape index (κ3) is 3.98. The van der Waals surface area contributed by atoms with Gasteiger partial charge in [-0.2, -0.15) is 0 Å². The van der Waals surface area contributed by atoms with Crippen LogP contribution in [0, 0.1) is 6.08 Å². The average Bonchev–Trinajstić information content (AvgIpc) is 2.07. The topological polar surface area (TPSA) is 0 Å². The molecule has 0 aromatic rings. The summed E-state index contributed by atoms with van der Waals surface area (Å²) in [6.45, 7) is 2.27. The average molecular weight is 216 g/mol. The van der Waals surface area contributed by atoms with Crippen LogP contribution >= 0.6 is 0 Å². The molecule has 0 aliphatic heterocycles. The normalized spacial score (nSPS) is 18.1. The van der Waals surface area contributed by atoms with Crippen molar-refractivity contribution in [3.63, 3.8) is 0 Å². The molecule has 0 radical (unpaired) electrons. The Bertz CT molecular complexity index is 127. The van der Waals surface area contributed by atoms with E-state index in [2.05, 4.69) is 13.0 Å². The van der Waals surface area contributed by atoms with Gasteiger partial charge in [-0.3, -0.25) is 0 Å². The van der Waals surface area contributed by atoms with Gasteiger partial charge in [0.05, 0.1) is 0 Å². The van der Waals surface area contributed by atoms with Crippen LogP contribution in [-0.2, 0) is 0 Å². The van der Waals surface area contributed by atoms with Gasteiger partial charge in [0.2, 0.25) is 0 Å². The second-order valence-corrected chi connectivity index (χ2v) is 5.51. The first-order valence-corrected chi connectivity index (χ1v) is 6.72. The van der Waals surface area contributed by atoms with Gasteiger partial charge in [-0.25, -0.2) is 0 Å². The molecular weight excluding hydrogens is 199 g/mol. The summed E-state index contributed by atoms with van der Waals surface area (Å²) in [6, 6.07) is 0. The molecule has 64 valence electrons. The van der Waals surface area contributed by atoms with Crippen LogP contribution in [0.1, 0.15) is 45.4 Å². The monoisotopic (exact) mass is 217 g/mol. The van der Waals surface area contributed by atoms with Gasteiger partial charge in [0.15, 0.2) is 0 Å².